The molecule has 2 aromatic rings. The number of aryl methyl sites for hydroxylation is 1. The normalized spacial score (nSPS) is 16.1. The second kappa shape index (κ2) is 5.53. The van der Waals surface area contributed by atoms with E-state index in [1.165, 1.54) is 24.3 Å². The van der Waals surface area contributed by atoms with Crippen LogP contribution in [0, 0.1) is 5.82 Å². The number of hydrogen-bond donors (Lipinski definition) is 3. The number of halogens is 1. The van der Waals surface area contributed by atoms with E-state index >= 15 is 0 Å². The van der Waals surface area contributed by atoms with Crippen molar-refractivity contribution in [3.8, 4) is 0 Å². The van der Waals surface area contributed by atoms with Crippen molar-refractivity contribution in [3.63, 3.8) is 0 Å². The molecular formula is C16H18FN3O2. The fourth-order valence-corrected chi connectivity index (χ4v) is 2.75. The van der Waals surface area contributed by atoms with E-state index in [1.54, 1.807) is 6.92 Å². The highest BCUT2D eigenvalue weighted by Crippen LogP contribution is 2.23. The molecule has 1 atom stereocenters. The summed E-state index contributed by atoms with van der Waals surface area (Å²) in [5.41, 5.74) is 1.67. The van der Waals surface area contributed by atoms with Crippen LogP contribution in [0.2, 0.25) is 0 Å². The summed E-state index contributed by atoms with van der Waals surface area (Å²) < 4.78 is 12.9. The molecule has 1 amide bonds. The molecule has 3 N–H and O–H groups in total. The molecule has 0 radical (unpaired) electrons. The first kappa shape index (κ1) is 14.7. The average Bonchev–Trinajstić information content (AvgIpc) is 3.08. The molecule has 0 bridgehead atoms. The Hall–Kier alpha value is -2.21. The zero-order valence-electron chi connectivity index (χ0n) is 12.3. The number of carbonyl (C=O) groups excluding carboxylic acids is 1. The lowest BCUT2D eigenvalue weighted by molar-refractivity contribution is 0.0524. The summed E-state index contributed by atoms with van der Waals surface area (Å²) in [7, 11) is 0. The maximum atomic E-state index is 12.9. The van der Waals surface area contributed by atoms with Gasteiger partial charge in [0.25, 0.3) is 5.91 Å². The van der Waals surface area contributed by atoms with Crippen LogP contribution in [0.25, 0.3) is 0 Å². The predicted octanol–water partition coefficient (Wildman–Crippen LogP) is 1.67. The van der Waals surface area contributed by atoms with Crippen molar-refractivity contribution in [1.29, 1.82) is 0 Å². The molecule has 0 aliphatic heterocycles. The number of nitrogens with one attached hydrogen (secondary N) is 2. The Morgan fingerprint density at radius 1 is 1.41 bits per heavy atom. The number of H-pyrrole nitrogens is 1. The van der Waals surface area contributed by atoms with Crippen LogP contribution in [0.5, 0.6) is 0 Å². The number of benzene rings is 1. The van der Waals surface area contributed by atoms with Crippen molar-refractivity contribution in [2.24, 2.45) is 0 Å². The molecule has 1 heterocycles. The largest absolute Gasteiger partial charge is 0.384 e. The van der Waals surface area contributed by atoms with Crippen molar-refractivity contribution in [2.45, 2.75) is 31.8 Å². The van der Waals surface area contributed by atoms with Crippen LogP contribution in [0.3, 0.4) is 0 Å². The summed E-state index contributed by atoms with van der Waals surface area (Å²) in [5, 5.41) is 20.1. The van der Waals surface area contributed by atoms with Gasteiger partial charge in [-0.25, -0.2) is 4.39 Å². The number of aromatic amines is 1. The van der Waals surface area contributed by atoms with Gasteiger partial charge in [-0.1, -0.05) is 12.1 Å². The lowest BCUT2D eigenvalue weighted by atomic mass is 9.96. The minimum Gasteiger partial charge on any atom is -0.384 e. The molecular weight excluding hydrogens is 285 g/mol. The first-order valence-corrected chi connectivity index (χ1v) is 7.30. The van der Waals surface area contributed by atoms with Crippen molar-refractivity contribution < 1.29 is 14.3 Å². The Kier molecular flexibility index (Phi) is 3.70. The first-order valence-electron chi connectivity index (χ1n) is 7.30. The number of aliphatic hydroxyl groups is 1. The van der Waals surface area contributed by atoms with E-state index in [4.69, 9.17) is 0 Å². The Labute approximate surface area is 127 Å². The number of fused-ring (bicyclic) bond motifs is 1. The monoisotopic (exact) mass is 303 g/mol. The molecule has 1 aliphatic rings. The molecule has 0 fully saturated rings. The van der Waals surface area contributed by atoms with Gasteiger partial charge in [0.05, 0.1) is 6.54 Å². The van der Waals surface area contributed by atoms with Crippen LogP contribution in [0.4, 0.5) is 4.39 Å². The molecule has 1 unspecified atom stereocenters. The second-order valence-electron chi connectivity index (χ2n) is 5.85. The van der Waals surface area contributed by atoms with Crippen molar-refractivity contribution in [3.05, 3.63) is 52.6 Å². The Morgan fingerprint density at radius 3 is 2.86 bits per heavy atom. The van der Waals surface area contributed by atoms with E-state index in [0.29, 0.717) is 11.3 Å². The van der Waals surface area contributed by atoms with E-state index < -0.39 is 5.60 Å². The van der Waals surface area contributed by atoms with E-state index in [0.717, 1.165) is 30.5 Å². The van der Waals surface area contributed by atoms with E-state index in [-0.39, 0.29) is 18.3 Å². The van der Waals surface area contributed by atoms with Crippen LogP contribution < -0.4 is 5.32 Å². The minimum absolute atomic E-state index is 0.0269. The Bertz CT molecular complexity index is 692. The third kappa shape index (κ3) is 2.74. The Morgan fingerprint density at radius 2 is 2.14 bits per heavy atom. The van der Waals surface area contributed by atoms with Crippen LogP contribution in [0.15, 0.2) is 24.3 Å². The fraction of sp³-hybridized carbons (Fsp3) is 0.375. The van der Waals surface area contributed by atoms with Crippen LogP contribution in [-0.2, 0) is 18.4 Å². The SMILES string of the molecule is CC(O)(CNC(=O)c1n[nH]c2c1CCC2)c1ccc(F)cc1. The van der Waals surface area contributed by atoms with E-state index in [1.807, 2.05) is 0 Å². The van der Waals surface area contributed by atoms with Crippen molar-refractivity contribution >= 4 is 5.91 Å². The number of amides is 1. The smallest absolute Gasteiger partial charge is 0.272 e. The molecule has 6 heteroatoms. The van der Waals surface area contributed by atoms with Gasteiger partial charge in [-0.15, -0.1) is 0 Å². The third-order valence-corrected chi connectivity index (χ3v) is 4.08. The number of rotatable bonds is 4. The van der Waals surface area contributed by atoms with Crippen LogP contribution in [-0.4, -0.2) is 27.8 Å². The maximum Gasteiger partial charge on any atom is 0.272 e. The van der Waals surface area contributed by atoms with Gasteiger partial charge in [0.2, 0.25) is 0 Å². The lowest BCUT2D eigenvalue weighted by Gasteiger charge is -2.24. The number of carbonyl (C=O) groups is 1. The summed E-state index contributed by atoms with van der Waals surface area (Å²) >= 11 is 0. The standard InChI is InChI=1S/C16H18FN3O2/c1-16(22,10-5-7-11(17)8-6-10)9-18-15(21)14-12-3-2-4-13(12)19-20-14/h5-8,22H,2-4,9H2,1H3,(H,18,21)(H,19,20). The molecule has 22 heavy (non-hydrogen) atoms. The summed E-state index contributed by atoms with van der Waals surface area (Å²) in [6.45, 7) is 1.61. The molecule has 0 saturated carbocycles. The van der Waals surface area contributed by atoms with E-state index in [2.05, 4.69) is 15.5 Å². The second-order valence-corrected chi connectivity index (χ2v) is 5.85. The zero-order valence-corrected chi connectivity index (χ0v) is 12.3. The molecule has 3 rings (SSSR count). The van der Waals surface area contributed by atoms with Gasteiger partial charge in [0.1, 0.15) is 11.4 Å². The molecule has 1 aromatic carbocycles. The van der Waals surface area contributed by atoms with Gasteiger partial charge in [-0.05, 0) is 43.9 Å². The molecule has 5 nitrogen and oxygen atoms in total. The maximum absolute atomic E-state index is 12.9. The molecule has 0 saturated heterocycles. The van der Waals surface area contributed by atoms with Gasteiger partial charge < -0.3 is 10.4 Å². The average molecular weight is 303 g/mol. The van der Waals surface area contributed by atoms with Gasteiger partial charge in [-0.2, -0.15) is 5.10 Å². The highest BCUT2D eigenvalue weighted by molar-refractivity contribution is 5.94. The third-order valence-electron chi connectivity index (χ3n) is 4.08. The highest BCUT2D eigenvalue weighted by Gasteiger charge is 2.27. The number of hydrogen-bond acceptors (Lipinski definition) is 3. The molecule has 116 valence electrons. The van der Waals surface area contributed by atoms with Crippen LogP contribution >= 0.6 is 0 Å². The summed E-state index contributed by atoms with van der Waals surface area (Å²) in [6.07, 6.45) is 2.79. The predicted molar refractivity (Wildman–Crippen MR) is 78.9 cm³/mol. The topological polar surface area (TPSA) is 78.0 Å². The number of aromatic nitrogens is 2. The highest BCUT2D eigenvalue weighted by atomic mass is 19.1. The van der Waals surface area contributed by atoms with Crippen LogP contribution in [0.1, 0.15) is 40.7 Å². The molecule has 1 aliphatic carbocycles. The molecule has 0 spiro atoms. The Balaban J connectivity index is 1.68. The summed E-state index contributed by atoms with van der Waals surface area (Å²) in [4.78, 5) is 12.2. The first-order chi connectivity index (χ1) is 10.5. The van der Waals surface area contributed by atoms with Crippen molar-refractivity contribution in [2.75, 3.05) is 6.54 Å². The zero-order chi connectivity index (χ0) is 15.7. The van der Waals surface area contributed by atoms with Crippen molar-refractivity contribution in [1.82, 2.24) is 15.5 Å². The van der Waals surface area contributed by atoms with E-state index in [9.17, 15) is 14.3 Å². The lowest BCUT2D eigenvalue weighted by Crippen LogP contribution is -2.39. The fourth-order valence-electron chi connectivity index (χ4n) is 2.75. The quantitative estimate of drug-likeness (QED) is 0.804. The number of nitrogens with zero attached hydrogens (tertiary/aromatic N) is 1. The summed E-state index contributed by atoms with van der Waals surface area (Å²) in [5.74, 6) is -0.669. The minimum atomic E-state index is -1.27. The van der Waals surface area contributed by atoms with Gasteiger partial charge in [-0.3, -0.25) is 9.89 Å². The summed E-state index contributed by atoms with van der Waals surface area (Å²) in [6, 6.07) is 5.58. The van der Waals surface area contributed by atoms with Gasteiger partial charge >= 0.3 is 0 Å². The van der Waals surface area contributed by atoms with Gasteiger partial charge in [0.15, 0.2) is 5.69 Å². The van der Waals surface area contributed by atoms with Gasteiger partial charge in [0, 0.05) is 11.3 Å². The molecule has 1 aromatic heterocycles.